The summed E-state index contributed by atoms with van der Waals surface area (Å²) in [7, 11) is 0. The van der Waals surface area contributed by atoms with E-state index < -0.39 is 0 Å². The summed E-state index contributed by atoms with van der Waals surface area (Å²) < 4.78 is 2.07. The van der Waals surface area contributed by atoms with Crippen molar-refractivity contribution in [3.8, 4) is 5.82 Å². The van der Waals surface area contributed by atoms with E-state index >= 15 is 0 Å². The van der Waals surface area contributed by atoms with Crippen LogP contribution in [0.15, 0.2) is 18.5 Å². The Bertz CT molecular complexity index is 584. The molecule has 0 aliphatic rings. The van der Waals surface area contributed by atoms with Gasteiger partial charge in [-0.25, -0.2) is 9.97 Å². The van der Waals surface area contributed by atoms with Crippen LogP contribution in [0.25, 0.3) is 5.82 Å². The fraction of sp³-hybridized carbons (Fsp3) is 0.500. The Morgan fingerprint density at radius 3 is 2.55 bits per heavy atom. The molecular weight excluding hydrogens is 248 g/mol. The van der Waals surface area contributed by atoms with E-state index in [1.165, 1.54) is 5.56 Å². The van der Waals surface area contributed by atoms with Gasteiger partial charge >= 0.3 is 0 Å². The van der Waals surface area contributed by atoms with Gasteiger partial charge in [0.2, 0.25) is 0 Å². The number of pyridine rings is 1. The zero-order valence-corrected chi connectivity index (χ0v) is 13.1. The number of aromatic nitrogens is 3. The molecule has 0 saturated heterocycles. The maximum atomic E-state index is 4.78. The highest BCUT2D eigenvalue weighted by Crippen LogP contribution is 2.19. The summed E-state index contributed by atoms with van der Waals surface area (Å²) in [6.07, 6.45) is 1.86. The molecule has 0 aliphatic carbocycles. The summed E-state index contributed by atoms with van der Waals surface area (Å²) in [4.78, 5) is 9.15. The topological polar surface area (TPSA) is 42.7 Å². The van der Waals surface area contributed by atoms with E-state index in [-0.39, 0.29) is 0 Å². The number of nitrogens with zero attached hydrogens (tertiary/aromatic N) is 3. The molecule has 0 saturated carbocycles. The lowest BCUT2D eigenvalue weighted by Crippen LogP contribution is -2.13. The molecule has 2 aromatic heterocycles. The highest BCUT2D eigenvalue weighted by molar-refractivity contribution is 5.34. The Balaban J connectivity index is 2.46. The normalized spacial score (nSPS) is 11.3. The highest BCUT2D eigenvalue weighted by atomic mass is 15.1. The fourth-order valence-corrected chi connectivity index (χ4v) is 2.11. The molecule has 1 N–H and O–H groups in total. The molecule has 0 amide bonds. The van der Waals surface area contributed by atoms with Crippen LogP contribution in [0.5, 0.6) is 0 Å². The van der Waals surface area contributed by atoms with E-state index in [2.05, 4.69) is 54.7 Å². The van der Waals surface area contributed by atoms with Crippen LogP contribution in [-0.4, -0.2) is 21.1 Å². The minimum absolute atomic E-state index is 0.417. The molecular formula is C16H24N4. The van der Waals surface area contributed by atoms with Gasteiger partial charge in [0, 0.05) is 17.9 Å². The fourth-order valence-electron chi connectivity index (χ4n) is 2.11. The smallest absolute Gasteiger partial charge is 0.138 e. The van der Waals surface area contributed by atoms with Crippen LogP contribution < -0.4 is 5.32 Å². The standard InChI is InChI=1S/C16H24N4/c1-6-17-9-14-7-15(11(2)3)19-16(8-14)20-10-18-12(4)13(20)5/h7-8,10-11,17H,6,9H2,1-5H3. The third kappa shape index (κ3) is 3.07. The molecule has 4 nitrogen and oxygen atoms in total. The SMILES string of the molecule is CCNCc1cc(C(C)C)nc(-n2cnc(C)c2C)c1. The number of nitrogens with one attached hydrogen (secondary N) is 1. The van der Waals surface area contributed by atoms with Gasteiger partial charge in [0.1, 0.15) is 12.1 Å². The molecule has 20 heavy (non-hydrogen) atoms. The van der Waals surface area contributed by atoms with Crippen molar-refractivity contribution < 1.29 is 0 Å². The number of hydrogen-bond acceptors (Lipinski definition) is 3. The van der Waals surface area contributed by atoms with Crippen molar-refractivity contribution in [3.05, 3.63) is 41.1 Å². The molecule has 2 rings (SSSR count). The van der Waals surface area contributed by atoms with Gasteiger partial charge < -0.3 is 5.32 Å². The van der Waals surface area contributed by atoms with Crippen molar-refractivity contribution in [1.29, 1.82) is 0 Å². The van der Waals surface area contributed by atoms with Crippen molar-refractivity contribution in [3.63, 3.8) is 0 Å². The molecule has 0 aromatic carbocycles. The Labute approximate surface area is 121 Å². The maximum absolute atomic E-state index is 4.78. The monoisotopic (exact) mass is 272 g/mol. The molecule has 0 radical (unpaired) electrons. The Morgan fingerprint density at radius 2 is 2.00 bits per heavy atom. The van der Waals surface area contributed by atoms with E-state index in [1.54, 1.807) is 0 Å². The second-order valence-corrected chi connectivity index (χ2v) is 5.48. The average molecular weight is 272 g/mol. The molecule has 0 aliphatic heterocycles. The van der Waals surface area contributed by atoms with Crippen LogP contribution >= 0.6 is 0 Å². The third-order valence-electron chi connectivity index (χ3n) is 3.56. The molecule has 0 unspecified atom stereocenters. The summed E-state index contributed by atoms with van der Waals surface area (Å²) in [5, 5.41) is 3.38. The van der Waals surface area contributed by atoms with Gasteiger partial charge in [-0.1, -0.05) is 20.8 Å². The van der Waals surface area contributed by atoms with Crippen LogP contribution in [0.3, 0.4) is 0 Å². The molecule has 2 aromatic rings. The van der Waals surface area contributed by atoms with Crippen molar-refractivity contribution in [1.82, 2.24) is 19.9 Å². The highest BCUT2D eigenvalue weighted by Gasteiger charge is 2.10. The number of imidazole rings is 1. The third-order valence-corrected chi connectivity index (χ3v) is 3.56. The molecule has 0 bridgehead atoms. The van der Waals surface area contributed by atoms with Crippen LogP contribution in [0.4, 0.5) is 0 Å². The first-order chi connectivity index (χ1) is 9.52. The van der Waals surface area contributed by atoms with Crippen molar-refractivity contribution in [2.45, 2.75) is 47.1 Å². The summed E-state index contributed by atoms with van der Waals surface area (Å²) in [6, 6.07) is 4.33. The second kappa shape index (κ2) is 6.18. The predicted octanol–water partition coefficient (Wildman–Crippen LogP) is 3.12. The maximum Gasteiger partial charge on any atom is 0.138 e. The van der Waals surface area contributed by atoms with Gasteiger partial charge in [0.15, 0.2) is 0 Å². The Hall–Kier alpha value is -1.68. The molecule has 0 fully saturated rings. The number of hydrogen-bond donors (Lipinski definition) is 1. The predicted molar refractivity (Wildman–Crippen MR) is 82.3 cm³/mol. The van der Waals surface area contributed by atoms with E-state index in [1.807, 2.05) is 13.3 Å². The van der Waals surface area contributed by atoms with Crippen LogP contribution in [-0.2, 0) is 6.54 Å². The largest absolute Gasteiger partial charge is 0.313 e. The van der Waals surface area contributed by atoms with Gasteiger partial charge in [-0.2, -0.15) is 0 Å². The summed E-state index contributed by atoms with van der Waals surface area (Å²) >= 11 is 0. The van der Waals surface area contributed by atoms with E-state index in [0.717, 1.165) is 36.0 Å². The lowest BCUT2D eigenvalue weighted by Gasteiger charge is -2.13. The minimum atomic E-state index is 0.417. The zero-order chi connectivity index (χ0) is 14.7. The first kappa shape index (κ1) is 14.7. The van der Waals surface area contributed by atoms with E-state index in [4.69, 9.17) is 4.98 Å². The molecule has 2 heterocycles. The minimum Gasteiger partial charge on any atom is -0.313 e. The summed E-state index contributed by atoms with van der Waals surface area (Å²) in [5.74, 6) is 1.38. The Kier molecular flexibility index (Phi) is 4.55. The van der Waals surface area contributed by atoms with Crippen molar-refractivity contribution in [2.75, 3.05) is 6.54 Å². The summed E-state index contributed by atoms with van der Waals surface area (Å²) in [5.41, 5.74) is 4.59. The number of aryl methyl sites for hydroxylation is 1. The number of rotatable bonds is 5. The molecule has 108 valence electrons. The van der Waals surface area contributed by atoms with Crippen molar-refractivity contribution in [2.24, 2.45) is 0 Å². The van der Waals surface area contributed by atoms with Crippen LogP contribution in [0.2, 0.25) is 0 Å². The van der Waals surface area contributed by atoms with Gasteiger partial charge in [0.25, 0.3) is 0 Å². The lowest BCUT2D eigenvalue weighted by molar-refractivity contribution is 0.717. The van der Waals surface area contributed by atoms with Crippen LogP contribution in [0.1, 0.15) is 49.3 Å². The van der Waals surface area contributed by atoms with Gasteiger partial charge in [-0.3, -0.25) is 4.57 Å². The molecule has 4 heteroatoms. The first-order valence-corrected chi connectivity index (χ1v) is 7.25. The van der Waals surface area contributed by atoms with Crippen LogP contribution in [0, 0.1) is 13.8 Å². The van der Waals surface area contributed by atoms with E-state index in [9.17, 15) is 0 Å². The quantitative estimate of drug-likeness (QED) is 0.909. The Morgan fingerprint density at radius 1 is 1.25 bits per heavy atom. The average Bonchev–Trinajstić information content (AvgIpc) is 2.76. The van der Waals surface area contributed by atoms with Gasteiger partial charge in [0.05, 0.1) is 5.69 Å². The van der Waals surface area contributed by atoms with Gasteiger partial charge in [-0.05, 0) is 44.0 Å². The second-order valence-electron chi connectivity index (χ2n) is 5.48. The van der Waals surface area contributed by atoms with Gasteiger partial charge in [-0.15, -0.1) is 0 Å². The first-order valence-electron chi connectivity index (χ1n) is 7.25. The van der Waals surface area contributed by atoms with E-state index in [0.29, 0.717) is 5.92 Å². The lowest BCUT2D eigenvalue weighted by atomic mass is 10.1. The molecule has 0 atom stereocenters. The summed E-state index contributed by atoms with van der Waals surface area (Å²) in [6.45, 7) is 12.4. The zero-order valence-electron chi connectivity index (χ0n) is 13.1. The van der Waals surface area contributed by atoms with Crippen molar-refractivity contribution >= 4 is 0 Å². The molecule has 0 spiro atoms.